The average Bonchev–Trinajstić information content (AvgIpc) is 2.77. The Bertz CT molecular complexity index is 990. The molecule has 0 radical (unpaired) electrons. The minimum atomic E-state index is -0.127. The summed E-state index contributed by atoms with van der Waals surface area (Å²) < 4.78 is 5.41. The van der Waals surface area contributed by atoms with Gasteiger partial charge >= 0.3 is 0 Å². The Morgan fingerprint density at radius 3 is 2.90 bits per heavy atom. The summed E-state index contributed by atoms with van der Waals surface area (Å²) in [5.74, 6) is 2.67. The number of rotatable bonds is 4. The van der Waals surface area contributed by atoms with Gasteiger partial charge < -0.3 is 19.5 Å². The first-order valence-corrected chi connectivity index (χ1v) is 10.9. The molecule has 0 saturated carbocycles. The van der Waals surface area contributed by atoms with E-state index in [4.69, 9.17) is 4.74 Å². The van der Waals surface area contributed by atoms with Crippen LogP contribution in [0.1, 0.15) is 31.2 Å². The summed E-state index contributed by atoms with van der Waals surface area (Å²) in [6.45, 7) is 1.67. The fraction of sp³-hybridized carbons (Fsp3) is 0.522. The van der Waals surface area contributed by atoms with Crippen molar-refractivity contribution in [1.82, 2.24) is 14.9 Å². The number of aromatic nitrogens is 2. The number of hydrogen-bond donors (Lipinski definition) is 1. The minimum absolute atomic E-state index is 0.127. The van der Waals surface area contributed by atoms with Crippen LogP contribution in [-0.4, -0.2) is 53.1 Å². The Morgan fingerprint density at radius 2 is 2.07 bits per heavy atom. The molecule has 0 spiro atoms. The van der Waals surface area contributed by atoms with Crippen molar-refractivity contribution >= 4 is 11.7 Å². The molecule has 158 valence electrons. The molecular weight excluding hydrogens is 380 g/mol. The van der Waals surface area contributed by atoms with E-state index in [1.54, 1.807) is 13.2 Å². The number of H-pyrrole nitrogens is 1. The molecule has 0 unspecified atom stereocenters. The van der Waals surface area contributed by atoms with Gasteiger partial charge in [-0.3, -0.25) is 9.59 Å². The predicted molar refractivity (Wildman–Crippen MR) is 114 cm³/mol. The Kier molecular flexibility index (Phi) is 4.97. The van der Waals surface area contributed by atoms with Crippen molar-refractivity contribution in [2.75, 3.05) is 25.1 Å². The van der Waals surface area contributed by atoms with E-state index in [-0.39, 0.29) is 17.6 Å². The lowest BCUT2D eigenvalue weighted by molar-refractivity contribution is -0.148. The minimum Gasteiger partial charge on any atom is -0.497 e. The van der Waals surface area contributed by atoms with Gasteiger partial charge in [-0.25, -0.2) is 4.98 Å². The fourth-order valence-electron chi connectivity index (χ4n) is 5.80. The molecule has 4 heterocycles. The van der Waals surface area contributed by atoms with Gasteiger partial charge in [0.1, 0.15) is 11.6 Å². The maximum absolute atomic E-state index is 13.0. The maximum atomic E-state index is 13.0. The molecule has 0 aliphatic carbocycles. The van der Waals surface area contributed by atoms with E-state index >= 15 is 0 Å². The first-order valence-electron chi connectivity index (χ1n) is 10.9. The summed E-state index contributed by atoms with van der Waals surface area (Å²) >= 11 is 0. The number of piperidine rings is 3. The van der Waals surface area contributed by atoms with Crippen LogP contribution >= 0.6 is 0 Å². The monoisotopic (exact) mass is 408 g/mol. The van der Waals surface area contributed by atoms with Crippen LogP contribution < -0.4 is 15.2 Å². The standard InChI is InChI=1S/C23H28N4O3/c1-30-18-5-2-4-15(8-18)9-20-17-10-16(19-6-3-7-23(29)27(19)20)12-26(13-17)21-11-22(28)25-14-24-21/h2,4-5,8,11,14,16-17,19-20H,3,6-7,9-10,12-13H2,1H3,(H,24,25,28)/t16-,17+,19+,20+/m1/s1. The number of nitrogens with zero attached hydrogens (tertiary/aromatic N) is 3. The molecule has 3 aliphatic heterocycles. The van der Waals surface area contributed by atoms with Gasteiger partial charge in [-0.2, -0.15) is 0 Å². The second kappa shape index (κ2) is 7.78. The van der Waals surface area contributed by atoms with Crippen molar-refractivity contribution in [3.8, 4) is 5.75 Å². The van der Waals surface area contributed by atoms with Crippen LogP contribution in [-0.2, 0) is 11.2 Å². The maximum Gasteiger partial charge on any atom is 0.252 e. The largest absolute Gasteiger partial charge is 0.497 e. The lowest BCUT2D eigenvalue weighted by Crippen LogP contribution is -2.65. The highest BCUT2D eigenvalue weighted by Gasteiger charge is 2.49. The predicted octanol–water partition coefficient (Wildman–Crippen LogP) is 2.23. The molecule has 30 heavy (non-hydrogen) atoms. The van der Waals surface area contributed by atoms with Crippen LogP contribution in [0.2, 0.25) is 0 Å². The molecule has 7 nitrogen and oxygen atoms in total. The second-order valence-electron chi connectivity index (χ2n) is 8.81. The number of aromatic amines is 1. The van der Waals surface area contributed by atoms with Crippen LogP contribution in [0.4, 0.5) is 5.82 Å². The Labute approximate surface area is 176 Å². The number of benzene rings is 1. The fourth-order valence-corrected chi connectivity index (χ4v) is 5.80. The molecule has 7 heteroatoms. The number of amides is 1. The number of nitrogens with one attached hydrogen (secondary N) is 1. The molecule has 3 saturated heterocycles. The molecule has 1 amide bonds. The Balaban J connectivity index is 1.47. The first kappa shape index (κ1) is 19.2. The highest BCUT2D eigenvalue weighted by atomic mass is 16.5. The summed E-state index contributed by atoms with van der Waals surface area (Å²) in [6.07, 6.45) is 6.12. The van der Waals surface area contributed by atoms with Crippen molar-refractivity contribution in [1.29, 1.82) is 0 Å². The zero-order valence-electron chi connectivity index (χ0n) is 17.3. The molecule has 1 aromatic carbocycles. The van der Waals surface area contributed by atoms with E-state index in [0.717, 1.165) is 50.3 Å². The van der Waals surface area contributed by atoms with Crippen LogP contribution in [0.5, 0.6) is 5.75 Å². The average molecular weight is 409 g/mol. The molecular formula is C23H28N4O3. The van der Waals surface area contributed by atoms with Gasteiger partial charge in [0.25, 0.3) is 5.56 Å². The summed E-state index contributed by atoms with van der Waals surface area (Å²) in [6, 6.07) is 10.2. The molecule has 3 aliphatic rings. The number of ether oxygens (including phenoxy) is 1. The van der Waals surface area contributed by atoms with Gasteiger partial charge in [0.05, 0.1) is 13.4 Å². The van der Waals surface area contributed by atoms with Gasteiger partial charge in [-0.05, 0) is 55.2 Å². The number of fused-ring (bicyclic) bond motifs is 4. The first-order chi connectivity index (χ1) is 14.6. The number of hydrogen-bond acceptors (Lipinski definition) is 5. The van der Waals surface area contributed by atoms with Crippen molar-refractivity contribution in [2.24, 2.45) is 11.8 Å². The second-order valence-corrected chi connectivity index (χ2v) is 8.81. The number of carbonyl (C=O) groups is 1. The summed E-state index contributed by atoms with van der Waals surface area (Å²) in [4.78, 5) is 36.3. The molecule has 2 bridgehead atoms. The third kappa shape index (κ3) is 3.46. The summed E-state index contributed by atoms with van der Waals surface area (Å²) in [5.41, 5.74) is 1.07. The quantitative estimate of drug-likeness (QED) is 0.839. The highest BCUT2D eigenvalue weighted by Crippen LogP contribution is 2.43. The molecule has 2 aromatic rings. The van der Waals surface area contributed by atoms with E-state index in [9.17, 15) is 9.59 Å². The van der Waals surface area contributed by atoms with Crippen LogP contribution in [0.25, 0.3) is 0 Å². The zero-order valence-corrected chi connectivity index (χ0v) is 17.3. The van der Waals surface area contributed by atoms with E-state index < -0.39 is 0 Å². The van der Waals surface area contributed by atoms with Crippen molar-refractivity contribution in [2.45, 2.75) is 44.2 Å². The summed E-state index contributed by atoms with van der Waals surface area (Å²) in [5, 5.41) is 0. The number of methoxy groups -OCH3 is 1. The van der Waals surface area contributed by atoms with Crippen LogP contribution in [0, 0.1) is 11.8 Å². The van der Waals surface area contributed by atoms with Crippen LogP contribution in [0.3, 0.4) is 0 Å². The lowest BCUT2D eigenvalue weighted by Gasteiger charge is -2.57. The van der Waals surface area contributed by atoms with Gasteiger partial charge in [0, 0.05) is 37.7 Å². The molecule has 3 fully saturated rings. The molecule has 1 aromatic heterocycles. The zero-order chi connectivity index (χ0) is 20.7. The van der Waals surface area contributed by atoms with Gasteiger partial charge in [-0.15, -0.1) is 0 Å². The Hall–Kier alpha value is -2.83. The van der Waals surface area contributed by atoms with E-state index in [2.05, 4.69) is 31.9 Å². The number of anilines is 1. The van der Waals surface area contributed by atoms with Crippen molar-refractivity contribution in [3.05, 3.63) is 52.6 Å². The van der Waals surface area contributed by atoms with Gasteiger partial charge in [0.2, 0.25) is 5.91 Å². The van der Waals surface area contributed by atoms with Crippen LogP contribution in [0.15, 0.2) is 41.5 Å². The number of carbonyl (C=O) groups excluding carboxylic acids is 1. The molecule has 1 N–H and O–H groups in total. The van der Waals surface area contributed by atoms with E-state index in [0.29, 0.717) is 24.2 Å². The SMILES string of the molecule is COc1cccc(C[C@H]2[C@H]3C[C@H](CN(c4cc(=O)[nH]cn4)C3)[C@@H]3CCCC(=O)N32)c1. The molecule has 5 rings (SSSR count). The van der Waals surface area contributed by atoms with Crippen molar-refractivity contribution < 1.29 is 9.53 Å². The van der Waals surface area contributed by atoms with Gasteiger partial charge in [-0.1, -0.05) is 12.1 Å². The molecule has 4 atom stereocenters. The lowest BCUT2D eigenvalue weighted by atomic mass is 9.70. The Morgan fingerprint density at radius 1 is 1.20 bits per heavy atom. The van der Waals surface area contributed by atoms with E-state index in [1.165, 1.54) is 11.9 Å². The summed E-state index contributed by atoms with van der Waals surface area (Å²) in [7, 11) is 1.68. The third-order valence-corrected chi connectivity index (χ3v) is 7.06. The third-order valence-electron chi connectivity index (χ3n) is 7.06. The highest BCUT2D eigenvalue weighted by molar-refractivity contribution is 5.78. The van der Waals surface area contributed by atoms with Gasteiger partial charge in [0.15, 0.2) is 0 Å². The normalized spacial score (nSPS) is 28.2. The smallest absolute Gasteiger partial charge is 0.252 e. The van der Waals surface area contributed by atoms with Crippen molar-refractivity contribution in [3.63, 3.8) is 0 Å². The topological polar surface area (TPSA) is 78.5 Å². The van der Waals surface area contributed by atoms with E-state index in [1.807, 2.05) is 12.1 Å².